The number of nitrogens with one attached hydrogen (secondary N) is 1. The summed E-state index contributed by atoms with van der Waals surface area (Å²) >= 11 is 0. The van der Waals surface area contributed by atoms with Gasteiger partial charge >= 0.3 is 12.1 Å². The van der Waals surface area contributed by atoms with Gasteiger partial charge in [-0.25, -0.2) is 0 Å². The molecule has 1 amide bonds. The maximum atomic E-state index is 13.1. The van der Waals surface area contributed by atoms with Crippen molar-refractivity contribution >= 4 is 22.8 Å². The minimum atomic E-state index is -4.83. The molecule has 2 rings (SSSR count). The van der Waals surface area contributed by atoms with Gasteiger partial charge in [-0.05, 0) is 12.1 Å². The van der Waals surface area contributed by atoms with Gasteiger partial charge in [-0.2, -0.15) is 13.2 Å². The van der Waals surface area contributed by atoms with Crippen LogP contribution in [-0.2, 0) is 18.0 Å². The number of pyridine rings is 1. The van der Waals surface area contributed by atoms with Crippen molar-refractivity contribution in [2.75, 3.05) is 6.54 Å². The van der Waals surface area contributed by atoms with Crippen molar-refractivity contribution in [2.24, 2.45) is 7.05 Å². The van der Waals surface area contributed by atoms with Gasteiger partial charge in [0, 0.05) is 7.05 Å². The number of carbonyl (C=O) groups is 2. The maximum absolute atomic E-state index is 13.1. The number of carbonyl (C=O) groups excluding carboxylic acids is 1. The Balaban J connectivity index is 2.81. The number of nitrogens with zero attached hydrogens (tertiary/aromatic N) is 1. The predicted octanol–water partition coefficient (Wildman–Crippen LogP) is 1.08. The molecule has 24 heavy (non-hydrogen) atoms. The molecule has 1 aromatic heterocycles. The molecule has 0 aliphatic rings. The van der Waals surface area contributed by atoms with Crippen LogP contribution >= 0.6 is 0 Å². The number of hydrogen-bond acceptors (Lipinski definition) is 4. The first-order chi connectivity index (χ1) is 11.1. The summed E-state index contributed by atoms with van der Waals surface area (Å²) in [4.78, 5) is 34.5. The van der Waals surface area contributed by atoms with E-state index in [9.17, 15) is 32.7 Å². The second-order valence-corrected chi connectivity index (χ2v) is 4.86. The molecule has 10 heteroatoms. The summed E-state index contributed by atoms with van der Waals surface area (Å²) in [6, 6.07) is 2.95. The van der Waals surface area contributed by atoms with E-state index in [0.717, 1.165) is 17.7 Å². The molecular weight excluding hydrogens is 333 g/mol. The number of aliphatic carboxylic acids is 1. The van der Waals surface area contributed by atoms with Gasteiger partial charge < -0.3 is 20.1 Å². The van der Waals surface area contributed by atoms with Gasteiger partial charge in [0.1, 0.15) is 17.9 Å². The highest BCUT2D eigenvalue weighted by Crippen LogP contribution is 2.38. The molecule has 0 saturated carbocycles. The fraction of sp³-hybridized carbons (Fsp3) is 0.214. The molecule has 0 saturated heterocycles. The number of hydrogen-bond donors (Lipinski definition) is 3. The number of aromatic hydroxyl groups is 1. The van der Waals surface area contributed by atoms with E-state index in [2.05, 4.69) is 0 Å². The molecule has 7 nitrogen and oxygen atoms in total. The van der Waals surface area contributed by atoms with E-state index in [1.165, 1.54) is 6.07 Å². The van der Waals surface area contributed by atoms with E-state index in [1.807, 2.05) is 5.32 Å². The predicted molar refractivity (Wildman–Crippen MR) is 75.8 cm³/mol. The highest BCUT2D eigenvalue weighted by Gasteiger charge is 2.35. The first-order valence-electron chi connectivity index (χ1n) is 6.47. The monoisotopic (exact) mass is 344 g/mol. The smallest absolute Gasteiger partial charge is 0.417 e. The van der Waals surface area contributed by atoms with E-state index >= 15 is 0 Å². The standard InChI is InChI=1S/C14H11F3N2O5/c1-19-7-4-2-3-6(14(15,16)17)9(7)11(22)10(13(19)24)12(23)18-5-8(20)21/h2-4,22H,5H2,1H3,(H,18,23)(H,20,21). The van der Waals surface area contributed by atoms with Crippen molar-refractivity contribution in [2.45, 2.75) is 6.18 Å². The van der Waals surface area contributed by atoms with Crippen LogP contribution in [0.5, 0.6) is 5.75 Å². The Bertz CT molecular complexity index is 902. The Morgan fingerprint density at radius 1 is 1.29 bits per heavy atom. The summed E-state index contributed by atoms with van der Waals surface area (Å²) in [6.45, 7) is -0.861. The van der Waals surface area contributed by atoms with Crippen LogP contribution in [0, 0.1) is 0 Å². The van der Waals surface area contributed by atoms with Gasteiger partial charge in [-0.3, -0.25) is 14.4 Å². The van der Waals surface area contributed by atoms with Crippen LogP contribution < -0.4 is 10.9 Å². The molecule has 2 aromatic rings. The third-order valence-electron chi connectivity index (χ3n) is 3.33. The Hall–Kier alpha value is -3.04. The number of halogens is 3. The molecule has 3 N–H and O–H groups in total. The van der Waals surface area contributed by atoms with Gasteiger partial charge in [0.15, 0.2) is 0 Å². The van der Waals surface area contributed by atoms with Crippen molar-refractivity contribution in [1.82, 2.24) is 9.88 Å². The molecule has 0 fully saturated rings. The summed E-state index contributed by atoms with van der Waals surface area (Å²) in [5.74, 6) is -3.85. The summed E-state index contributed by atoms with van der Waals surface area (Å²) in [7, 11) is 1.14. The molecule has 0 radical (unpaired) electrons. The highest BCUT2D eigenvalue weighted by molar-refractivity contribution is 6.04. The van der Waals surface area contributed by atoms with Crippen molar-refractivity contribution in [3.05, 3.63) is 39.7 Å². The Labute approximate surface area is 131 Å². The maximum Gasteiger partial charge on any atom is 0.417 e. The molecule has 128 valence electrons. The largest absolute Gasteiger partial charge is 0.506 e. The first-order valence-corrected chi connectivity index (χ1v) is 6.47. The minimum Gasteiger partial charge on any atom is -0.506 e. The number of carboxylic acid groups (broad SMARTS) is 1. The topological polar surface area (TPSA) is 109 Å². The average molecular weight is 344 g/mol. The zero-order chi connectivity index (χ0) is 18.2. The zero-order valence-corrected chi connectivity index (χ0v) is 12.1. The highest BCUT2D eigenvalue weighted by atomic mass is 19.4. The van der Waals surface area contributed by atoms with E-state index in [4.69, 9.17) is 5.11 Å². The Kier molecular flexibility index (Phi) is 4.24. The molecule has 0 aliphatic heterocycles. The van der Waals surface area contributed by atoms with E-state index in [1.54, 1.807) is 0 Å². The first kappa shape index (κ1) is 17.3. The fourth-order valence-electron chi connectivity index (χ4n) is 2.26. The van der Waals surface area contributed by atoms with Crippen molar-refractivity contribution in [1.29, 1.82) is 0 Å². The molecule has 0 unspecified atom stereocenters. The van der Waals surface area contributed by atoms with Crippen molar-refractivity contribution in [3.63, 3.8) is 0 Å². The van der Waals surface area contributed by atoms with Gasteiger partial charge in [-0.1, -0.05) is 6.07 Å². The van der Waals surface area contributed by atoms with Gasteiger partial charge in [0.2, 0.25) is 0 Å². The molecular formula is C14H11F3N2O5. The second-order valence-electron chi connectivity index (χ2n) is 4.86. The van der Waals surface area contributed by atoms with E-state index in [-0.39, 0.29) is 5.52 Å². The molecule has 1 aromatic carbocycles. The molecule has 1 heterocycles. The third kappa shape index (κ3) is 2.90. The number of amides is 1. The Morgan fingerprint density at radius 3 is 2.46 bits per heavy atom. The minimum absolute atomic E-state index is 0.220. The number of aryl methyl sites for hydroxylation is 1. The van der Waals surface area contributed by atoms with Crippen LogP contribution in [0.3, 0.4) is 0 Å². The summed E-state index contributed by atoms with van der Waals surface area (Å²) in [5.41, 5.74) is -3.45. The quantitative estimate of drug-likeness (QED) is 0.772. The molecule has 0 bridgehead atoms. The number of alkyl halides is 3. The van der Waals surface area contributed by atoms with Gasteiger partial charge in [0.25, 0.3) is 11.5 Å². The van der Waals surface area contributed by atoms with Crippen molar-refractivity contribution in [3.8, 4) is 5.75 Å². The lowest BCUT2D eigenvalue weighted by Gasteiger charge is -2.16. The number of fused-ring (bicyclic) bond motifs is 1. The lowest BCUT2D eigenvalue weighted by Crippen LogP contribution is -2.35. The van der Waals surface area contributed by atoms with Crippen LogP contribution in [0.25, 0.3) is 10.9 Å². The van der Waals surface area contributed by atoms with E-state index < -0.39 is 52.4 Å². The SMILES string of the molecule is Cn1c(=O)c(C(=O)NCC(=O)O)c(O)c2c(C(F)(F)F)cccc21. The molecule has 0 aliphatic carbocycles. The van der Waals surface area contributed by atoms with Crippen LogP contribution in [-0.4, -0.2) is 33.2 Å². The van der Waals surface area contributed by atoms with Crippen LogP contribution in [0.4, 0.5) is 13.2 Å². The fourth-order valence-corrected chi connectivity index (χ4v) is 2.26. The summed E-state index contributed by atoms with van der Waals surface area (Å²) in [5, 5.41) is 19.8. The number of aromatic nitrogens is 1. The number of benzene rings is 1. The number of rotatable bonds is 3. The Morgan fingerprint density at radius 2 is 1.92 bits per heavy atom. The zero-order valence-electron chi connectivity index (χ0n) is 12.1. The summed E-state index contributed by atoms with van der Waals surface area (Å²) < 4.78 is 40.2. The van der Waals surface area contributed by atoms with Crippen LogP contribution in [0.1, 0.15) is 15.9 Å². The molecule has 0 atom stereocenters. The molecule has 0 spiro atoms. The van der Waals surface area contributed by atoms with Crippen molar-refractivity contribution < 1.29 is 33.0 Å². The van der Waals surface area contributed by atoms with Crippen LogP contribution in [0.15, 0.2) is 23.0 Å². The summed E-state index contributed by atoms with van der Waals surface area (Å²) in [6.07, 6.45) is -4.83. The van der Waals surface area contributed by atoms with Crippen LogP contribution in [0.2, 0.25) is 0 Å². The van der Waals surface area contributed by atoms with Gasteiger partial charge in [0.05, 0.1) is 16.5 Å². The normalized spacial score (nSPS) is 11.5. The third-order valence-corrected chi connectivity index (χ3v) is 3.33. The lowest BCUT2D eigenvalue weighted by molar-refractivity contribution is -0.137. The van der Waals surface area contributed by atoms with E-state index in [0.29, 0.717) is 6.07 Å². The van der Waals surface area contributed by atoms with Gasteiger partial charge in [-0.15, -0.1) is 0 Å². The second kappa shape index (κ2) is 5.87. The lowest BCUT2D eigenvalue weighted by atomic mass is 10.0. The average Bonchev–Trinajstić information content (AvgIpc) is 2.49. The number of carboxylic acids is 1.